The Labute approximate surface area is 430 Å². The van der Waals surface area contributed by atoms with E-state index in [2.05, 4.69) is 28.9 Å². The van der Waals surface area contributed by atoms with Gasteiger partial charge in [0.05, 0.1) is 64.5 Å². The zero-order chi connectivity index (χ0) is 53.8. The molecule has 6 heterocycles. The maximum atomic E-state index is 12.6. The molecule has 0 radical (unpaired) electrons. The predicted molar refractivity (Wildman–Crippen MR) is 257 cm³/mol. The Kier molecular flexibility index (Phi) is 21.2. The number of aryl methyl sites for hydroxylation is 2. The van der Waals surface area contributed by atoms with Gasteiger partial charge in [-0.2, -0.15) is 4.31 Å². The molecule has 40 heteroatoms. The number of hydrogen-bond acceptors (Lipinski definition) is 26. The van der Waals surface area contributed by atoms with Gasteiger partial charge < -0.3 is 87.3 Å². The number of nitrogens with one attached hydrogen (secondary N) is 1. The van der Waals surface area contributed by atoms with Crippen LogP contribution in [0.4, 0.5) is 5.95 Å². The SMILES string of the molecule is COC1C(C)OC(COP(O)(=S)OC2C(COP(O)(=S)OCCCCc3cn(CCOP(=O)(O)OP(=O)(O)OP(O)(=S)OCC4OC([n+]5cn(C)c6c(=O)[nH]c(N)nc65)C(O)C4O)nn3)OC(C)C2OC)C1O. The van der Waals surface area contributed by atoms with Crippen molar-refractivity contribution < 1.29 is 113 Å². The maximum Gasteiger partial charge on any atom is 0.488 e. The number of hydrogen-bond donors (Lipinski definition) is 10. The summed E-state index contributed by atoms with van der Waals surface area (Å²) in [7, 11) is -6.71. The largest absolute Gasteiger partial charge is 0.488 e. The first kappa shape index (κ1) is 61.1. The van der Waals surface area contributed by atoms with Crippen LogP contribution in [0.3, 0.4) is 0 Å². The number of nitrogen functional groups attached to an aromatic ring is 1. The number of aliphatic hydroxyl groups excluding tert-OH is 3. The summed E-state index contributed by atoms with van der Waals surface area (Å²) in [5, 5.41) is 39.7. The second-order valence-electron chi connectivity index (χ2n) is 16.5. The first-order chi connectivity index (χ1) is 34.0. The van der Waals surface area contributed by atoms with Gasteiger partial charge >= 0.3 is 41.4 Å². The van der Waals surface area contributed by atoms with E-state index >= 15 is 0 Å². The summed E-state index contributed by atoms with van der Waals surface area (Å²) in [6, 6.07) is 0. The monoisotopic (exact) mass is 1200 g/mol. The number of nitrogens with two attached hydrogens (primary N) is 1. The Morgan fingerprint density at radius 1 is 0.767 bits per heavy atom. The lowest BCUT2D eigenvalue weighted by molar-refractivity contribution is -0.745. The molecule has 17 atom stereocenters. The smallest absolute Gasteiger partial charge is 0.387 e. The van der Waals surface area contributed by atoms with Crippen molar-refractivity contribution in [3.63, 3.8) is 0 Å². The van der Waals surface area contributed by atoms with E-state index < -0.39 is 128 Å². The van der Waals surface area contributed by atoms with Crippen molar-refractivity contribution in [3.05, 3.63) is 28.6 Å². The average molecular weight is 1200 g/mol. The minimum Gasteiger partial charge on any atom is -0.387 e. The van der Waals surface area contributed by atoms with Crippen LogP contribution in [0.5, 0.6) is 0 Å². The number of ether oxygens (including phenoxy) is 5. The fraction of sp³-hybridized carbons (Fsp3) is 0.788. The molecule has 3 fully saturated rings. The summed E-state index contributed by atoms with van der Waals surface area (Å²) in [5.74, 6) is -0.243. The maximum absolute atomic E-state index is 12.6. The molecule has 0 bridgehead atoms. The van der Waals surface area contributed by atoms with Crippen LogP contribution in [0, 0.1) is 0 Å². The summed E-state index contributed by atoms with van der Waals surface area (Å²) in [6.07, 6.45) is -8.24. The van der Waals surface area contributed by atoms with Crippen molar-refractivity contribution in [3.8, 4) is 0 Å². The zero-order valence-corrected chi connectivity index (χ0v) is 46.2. The van der Waals surface area contributed by atoms with E-state index in [0.717, 1.165) is 0 Å². The van der Waals surface area contributed by atoms with Gasteiger partial charge in [-0.25, -0.2) is 22.7 Å². The number of aromatic amines is 1. The Hall–Kier alpha value is -1.14. The number of aliphatic hydroxyl groups is 3. The van der Waals surface area contributed by atoms with Gasteiger partial charge in [0.2, 0.25) is 11.7 Å². The predicted octanol–water partition coefficient (Wildman–Crippen LogP) is -1.32. The van der Waals surface area contributed by atoms with Crippen molar-refractivity contribution in [2.45, 2.75) is 113 Å². The average Bonchev–Trinajstić information content (AvgIpc) is 4.07. The van der Waals surface area contributed by atoms with Gasteiger partial charge in [-0.15, -0.1) is 5.10 Å². The lowest BCUT2D eigenvalue weighted by Gasteiger charge is -2.28. The number of methoxy groups -OCH3 is 2. The number of rotatable bonds is 28. The molecule has 0 amide bonds. The highest BCUT2D eigenvalue weighted by Crippen LogP contribution is 2.68. The summed E-state index contributed by atoms with van der Waals surface area (Å²) < 4.78 is 97.8. The topological polar surface area (TPSA) is 427 Å². The van der Waals surface area contributed by atoms with Crippen molar-refractivity contribution in [2.24, 2.45) is 7.05 Å². The van der Waals surface area contributed by atoms with Gasteiger partial charge in [0.25, 0.3) is 11.5 Å². The van der Waals surface area contributed by atoms with E-state index in [4.69, 9.17) is 92.0 Å². The molecule has 17 unspecified atom stereocenters. The molecule has 0 aromatic carbocycles. The molecule has 6 rings (SSSR count). The van der Waals surface area contributed by atoms with Crippen LogP contribution in [0.1, 0.15) is 38.6 Å². The quantitative estimate of drug-likeness (QED) is 0.0229. The summed E-state index contributed by atoms with van der Waals surface area (Å²) in [6.45, 7) is -11.4. The minimum absolute atomic E-state index is 0.0102. The fourth-order valence-corrected chi connectivity index (χ4v) is 14.9. The lowest BCUT2D eigenvalue weighted by atomic mass is 10.1. The van der Waals surface area contributed by atoms with Gasteiger partial charge in [-0.3, -0.25) is 23.4 Å². The standard InChI is InChI=1S/C33H57N8O24P5S3/c1-17-27(53-4)25(43)21(60-17)14-58-69(51,72)63-29-22(61-18(2)28(29)54-5)15-57-68(50,71)56-10-7-6-8-19-12-40(38-37-19)9-11-55-66(46,47)64-67(48,49)65-70(52,73)59-13-20-24(42)26(44)32(62-20)41-16-39(3)23-30(41)35-33(34)36-31(23)45/h12,16-18,20-22,24-29,32,42-44H,6-11,13-15H2,1-5H3,(H7-,34,35,36,45,46,47,48,49,50,51,52,71,72,73)/p+1. The number of anilines is 1. The Morgan fingerprint density at radius 2 is 1.38 bits per heavy atom. The van der Waals surface area contributed by atoms with E-state index in [9.17, 15) is 53.7 Å². The molecule has 73 heavy (non-hydrogen) atoms. The Morgan fingerprint density at radius 3 is 2.05 bits per heavy atom. The van der Waals surface area contributed by atoms with Crippen LogP contribution in [-0.4, -0.2) is 184 Å². The molecular weight excluding hydrogens is 1140 g/mol. The van der Waals surface area contributed by atoms with Crippen LogP contribution < -0.4 is 15.9 Å². The van der Waals surface area contributed by atoms with Crippen molar-refractivity contribution in [1.82, 2.24) is 29.5 Å². The third kappa shape index (κ3) is 16.5. The number of phosphoric acid groups is 2. The molecule has 0 spiro atoms. The Balaban J connectivity index is 0.874. The number of phosphoric ester groups is 1. The number of imidazole rings is 1. The van der Waals surface area contributed by atoms with Crippen LogP contribution in [0.2, 0.25) is 0 Å². The number of H-pyrrole nitrogens is 1. The summed E-state index contributed by atoms with van der Waals surface area (Å²) >= 11 is 15.2. The number of fused-ring (bicyclic) bond motifs is 1. The van der Waals surface area contributed by atoms with Crippen molar-refractivity contribution in [2.75, 3.05) is 53.0 Å². The molecule has 3 aromatic rings. The van der Waals surface area contributed by atoms with Gasteiger partial charge in [-0.1, -0.05) is 10.2 Å². The molecular formula is C33H58N8O24P5S3+. The normalized spacial score (nSPS) is 31.8. The third-order valence-corrected chi connectivity index (χ3v) is 19.6. The molecule has 0 saturated carbocycles. The van der Waals surface area contributed by atoms with E-state index in [1.807, 2.05) is 0 Å². The molecule has 11 N–H and O–H groups in total. The minimum atomic E-state index is -5.69. The van der Waals surface area contributed by atoms with Gasteiger partial charge in [-0.05, 0) is 68.5 Å². The summed E-state index contributed by atoms with van der Waals surface area (Å²) in [4.78, 5) is 71.2. The van der Waals surface area contributed by atoms with Gasteiger partial charge in [0.1, 0.15) is 54.9 Å². The number of aromatic nitrogens is 7. The highest BCUT2D eigenvalue weighted by molar-refractivity contribution is 8.08. The van der Waals surface area contributed by atoms with Crippen LogP contribution >= 0.6 is 35.8 Å². The lowest BCUT2D eigenvalue weighted by Crippen LogP contribution is -2.46. The van der Waals surface area contributed by atoms with E-state index in [1.54, 1.807) is 13.8 Å². The fourth-order valence-electron chi connectivity index (χ4n) is 7.89. The molecule has 32 nitrogen and oxygen atoms in total. The van der Waals surface area contributed by atoms with E-state index in [1.165, 1.54) is 47.6 Å². The third-order valence-electron chi connectivity index (χ3n) is 11.2. The zero-order valence-electron chi connectivity index (χ0n) is 39.3. The highest BCUT2D eigenvalue weighted by Gasteiger charge is 2.50. The van der Waals surface area contributed by atoms with Gasteiger partial charge in [0, 0.05) is 20.4 Å². The summed E-state index contributed by atoms with van der Waals surface area (Å²) in [5.41, 5.74) is 5.59. The van der Waals surface area contributed by atoms with Crippen LogP contribution in [-0.2, 0) is 124 Å². The van der Waals surface area contributed by atoms with Gasteiger partial charge in [0.15, 0.2) is 6.33 Å². The molecule has 3 aliphatic rings. The van der Waals surface area contributed by atoms with E-state index in [0.29, 0.717) is 25.0 Å². The molecule has 3 saturated heterocycles. The van der Waals surface area contributed by atoms with Crippen molar-refractivity contribution >= 4 is 88.3 Å². The Bertz CT molecular complexity index is 2680. The first-order valence-corrected chi connectivity index (χ1v) is 32.5. The number of unbranched alkanes of at least 4 members (excludes halogenated alkanes) is 1. The highest BCUT2D eigenvalue weighted by atomic mass is 32.5. The van der Waals surface area contributed by atoms with E-state index in [-0.39, 0.29) is 43.5 Å². The number of nitrogens with zero attached hydrogens (tertiary/aromatic N) is 6. The molecule has 3 aromatic heterocycles. The van der Waals surface area contributed by atoms with Crippen LogP contribution in [0.25, 0.3) is 11.2 Å². The second kappa shape index (κ2) is 25.3. The second-order valence-corrected chi connectivity index (χ2v) is 28.2. The molecule has 3 aliphatic heterocycles. The van der Waals surface area contributed by atoms with Crippen molar-refractivity contribution in [1.29, 1.82) is 0 Å². The van der Waals surface area contributed by atoms with Crippen LogP contribution in [0.15, 0.2) is 17.3 Å². The first-order valence-electron chi connectivity index (χ1n) is 21.7. The molecule has 416 valence electrons. The molecule has 0 aliphatic carbocycles.